The number of nitrogens with zero attached hydrogens (tertiary/aromatic N) is 1. The molecule has 5 heteroatoms. The third-order valence-electron chi connectivity index (χ3n) is 3.73. The molecule has 3 rings (SSSR count). The number of halogens is 3. The molecule has 1 atom stereocenters. The summed E-state index contributed by atoms with van der Waals surface area (Å²) in [4.78, 5) is 1.95. The number of nitrogens with one attached hydrogen (secondary N) is 1. The maximum Gasteiger partial charge on any atom is 0.147 e. The van der Waals surface area contributed by atoms with Gasteiger partial charge in [0, 0.05) is 31.7 Å². The molecule has 1 saturated carbocycles. The minimum Gasteiger partial charge on any atom is -0.366 e. The van der Waals surface area contributed by atoms with E-state index in [-0.39, 0.29) is 10.3 Å². The summed E-state index contributed by atoms with van der Waals surface area (Å²) in [6.07, 6.45) is 2.51. The second kappa shape index (κ2) is 4.78. The molecule has 0 spiro atoms. The van der Waals surface area contributed by atoms with Crippen LogP contribution in [0.1, 0.15) is 12.8 Å². The first-order chi connectivity index (χ1) is 8.65. The molecule has 1 aliphatic carbocycles. The van der Waals surface area contributed by atoms with Crippen molar-refractivity contribution in [2.45, 2.75) is 18.9 Å². The summed E-state index contributed by atoms with van der Waals surface area (Å²) in [5, 5.41) is 3.46. The molecule has 1 aliphatic heterocycles. The van der Waals surface area contributed by atoms with Crippen molar-refractivity contribution >= 4 is 21.6 Å². The summed E-state index contributed by atoms with van der Waals surface area (Å²) in [5.41, 5.74) is 0.378. The molecule has 2 aliphatic rings. The minimum atomic E-state index is -0.409. The van der Waals surface area contributed by atoms with Gasteiger partial charge in [0.25, 0.3) is 0 Å². The van der Waals surface area contributed by atoms with Crippen molar-refractivity contribution in [3.63, 3.8) is 0 Å². The standard InChI is InChI=1S/C13H15BrF2N2/c14-9-5-11(16)13(6-10(9)15)18-4-3-17-12(7-18)8-1-2-8/h5-6,8,12,17H,1-4,7H2. The molecular weight excluding hydrogens is 302 g/mol. The molecule has 98 valence electrons. The molecule has 1 unspecified atom stereocenters. The van der Waals surface area contributed by atoms with Crippen molar-refractivity contribution in [1.82, 2.24) is 5.32 Å². The van der Waals surface area contributed by atoms with Crippen LogP contribution in [0.5, 0.6) is 0 Å². The summed E-state index contributed by atoms with van der Waals surface area (Å²) in [5.74, 6) is -0.0521. The lowest BCUT2D eigenvalue weighted by atomic mass is 10.1. The molecule has 2 fully saturated rings. The molecule has 0 aromatic heterocycles. The molecule has 0 radical (unpaired) electrons. The highest BCUT2D eigenvalue weighted by molar-refractivity contribution is 9.10. The maximum atomic E-state index is 13.9. The van der Waals surface area contributed by atoms with E-state index in [2.05, 4.69) is 21.2 Å². The Kier molecular flexibility index (Phi) is 3.28. The van der Waals surface area contributed by atoms with Gasteiger partial charge in [0.15, 0.2) is 0 Å². The van der Waals surface area contributed by atoms with Gasteiger partial charge < -0.3 is 10.2 Å². The smallest absolute Gasteiger partial charge is 0.147 e. The zero-order valence-corrected chi connectivity index (χ0v) is 11.5. The van der Waals surface area contributed by atoms with Crippen LogP contribution in [0.25, 0.3) is 0 Å². The lowest BCUT2D eigenvalue weighted by Crippen LogP contribution is -2.52. The van der Waals surface area contributed by atoms with E-state index in [0.29, 0.717) is 11.7 Å². The minimum absolute atomic E-state index is 0.178. The first-order valence-corrected chi connectivity index (χ1v) is 7.07. The highest BCUT2D eigenvalue weighted by atomic mass is 79.9. The van der Waals surface area contributed by atoms with Gasteiger partial charge in [-0.25, -0.2) is 8.78 Å². The Bertz CT molecular complexity index is 463. The SMILES string of the molecule is Fc1cc(N2CCNC(C3CC3)C2)c(F)cc1Br. The number of rotatable bonds is 2. The van der Waals surface area contributed by atoms with Crippen molar-refractivity contribution in [2.24, 2.45) is 5.92 Å². The van der Waals surface area contributed by atoms with Gasteiger partial charge in [0.1, 0.15) is 11.6 Å². The third-order valence-corrected chi connectivity index (χ3v) is 4.33. The first kappa shape index (κ1) is 12.4. The lowest BCUT2D eigenvalue weighted by Gasteiger charge is -2.35. The largest absolute Gasteiger partial charge is 0.366 e. The summed E-state index contributed by atoms with van der Waals surface area (Å²) >= 11 is 3.00. The third kappa shape index (κ3) is 2.38. The van der Waals surface area contributed by atoms with Crippen LogP contribution in [0.15, 0.2) is 16.6 Å². The van der Waals surface area contributed by atoms with Gasteiger partial charge in [-0.1, -0.05) is 0 Å². The van der Waals surface area contributed by atoms with Gasteiger partial charge in [-0.15, -0.1) is 0 Å². The molecule has 1 aromatic carbocycles. The monoisotopic (exact) mass is 316 g/mol. The van der Waals surface area contributed by atoms with Crippen LogP contribution in [-0.4, -0.2) is 25.7 Å². The fourth-order valence-corrected chi connectivity index (χ4v) is 2.88. The summed E-state index contributed by atoms with van der Waals surface area (Å²) in [7, 11) is 0. The van der Waals surface area contributed by atoms with Gasteiger partial charge >= 0.3 is 0 Å². The van der Waals surface area contributed by atoms with Crippen molar-refractivity contribution in [2.75, 3.05) is 24.5 Å². The second-order valence-electron chi connectivity index (χ2n) is 5.06. The molecule has 1 aromatic rings. The fraction of sp³-hybridized carbons (Fsp3) is 0.538. The average molecular weight is 317 g/mol. The van der Waals surface area contributed by atoms with Gasteiger partial charge in [-0.2, -0.15) is 0 Å². The van der Waals surface area contributed by atoms with E-state index in [4.69, 9.17) is 0 Å². The summed E-state index contributed by atoms with van der Waals surface area (Å²) in [6.45, 7) is 2.32. The maximum absolute atomic E-state index is 13.9. The van der Waals surface area contributed by atoms with Crippen molar-refractivity contribution in [3.05, 3.63) is 28.2 Å². The van der Waals surface area contributed by atoms with Crippen molar-refractivity contribution in [3.8, 4) is 0 Å². The lowest BCUT2D eigenvalue weighted by molar-refractivity contribution is 0.415. The van der Waals surface area contributed by atoms with Crippen LogP contribution in [0.2, 0.25) is 0 Å². The predicted molar refractivity (Wildman–Crippen MR) is 70.8 cm³/mol. The zero-order chi connectivity index (χ0) is 12.7. The number of benzene rings is 1. The van der Waals surface area contributed by atoms with Gasteiger partial charge in [0.2, 0.25) is 0 Å². The molecule has 1 saturated heterocycles. The molecular formula is C13H15BrF2N2. The van der Waals surface area contributed by atoms with Crippen LogP contribution in [0.4, 0.5) is 14.5 Å². The highest BCUT2D eigenvalue weighted by Gasteiger charge is 2.34. The Morgan fingerprint density at radius 1 is 1.22 bits per heavy atom. The Hall–Kier alpha value is -0.680. The van der Waals surface area contributed by atoms with Crippen LogP contribution in [-0.2, 0) is 0 Å². The van der Waals surface area contributed by atoms with E-state index in [1.165, 1.54) is 25.0 Å². The molecule has 0 bridgehead atoms. The fourth-order valence-electron chi connectivity index (χ4n) is 2.57. The van der Waals surface area contributed by atoms with E-state index in [1.807, 2.05) is 4.90 Å². The number of anilines is 1. The van der Waals surface area contributed by atoms with Crippen LogP contribution in [0, 0.1) is 17.6 Å². The van der Waals surface area contributed by atoms with Crippen LogP contribution >= 0.6 is 15.9 Å². The zero-order valence-electron chi connectivity index (χ0n) is 9.93. The van der Waals surface area contributed by atoms with Crippen molar-refractivity contribution < 1.29 is 8.78 Å². The topological polar surface area (TPSA) is 15.3 Å². The summed E-state index contributed by atoms with van der Waals surface area (Å²) in [6, 6.07) is 2.91. The predicted octanol–water partition coefficient (Wildman–Crippen LogP) is 2.92. The second-order valence-corrected chi connectivity index (χ2v) is 5.92. The molecule has 2 nitrogen and oxygen atoms in total. The van der Waals surface area contributed by atoms with Crippen LogP contribution in [0.3, 0.4) is 0 Å². The van der Waals surface area contributed by atoms with Crippen LogP contribution < -0.4 is 10.2 Å². The van der Waals surface area contributed by atoms with E-state index in [0.717, 1.165) is 25.6 Å². The average Bonchev–Trinajstić information content (AvgIpc) is 3.18. The Balaban J connectivity index is 1.82. The number of piperazine rings is 1. The van der Waals surface area contributed by atoms with Gasteiger partial charge in [-0.3, -0.25) is 0 Å². The molecule has 1 N–H and O–H groups in total. The normalized spacial score (nSPS) is 24.4. The Morgan fingerprint density at radius 3 is 2.72 bits per heavy atom. The Labute approximate surface area is 113 Å². The Morgan fingerprint density at radius 2 is 2.00 bits per heavy atom. The van der Waals surface area contributed by atoms with Gasteiger partial charge in [-0.05, 0) is 40.8 Å². The molecule has 1 heterocycles. The van der Waals surface area contributed by atoms with Crippen molar-refractivity contribution in [1.29, 1.82) is 0 Å². The number of hydrogen-bond donors (Lipinski definition) is 1. The number of hydrogen-bond acceptors (Lipinski definition) is 2. The molecule has 0 amide bonds. The first-order valence-electron chi connectivity index (χ1n) is 6.28. The molecule has 18 heavy (non-hydrogen) atoms. The summed E-state index contributed by atoms with van der Waals surface area (Å²) < 4.78 is 27.6. The highest BCUT2D eigenvalue weighted by Crippen LogP contribution is 2.35. The van der Waals surface area contributed by atoms with E-state index in [9.17, 15) is 8.78 Å². The van der Waals surface area contributed by atoms with E-state index in [1.54, 1.807) is 0 Å². The van der Waals surface area contributed by atoms with Gasteiger partial charge in [0.05, 0.1) is 10.2 Å². The van der Waals surface area contributed by atoms with E-state index >= 15 is 0 Å². The van der Waals surface area contributed by atoms with E-state index < -0.39 is 5.82 Å². The quantitative estimate of drug-likeness (QED) is 0.844.